The number of benzene rings is 3. The lowest BCUT2D eigenvalue weighted by Crippen LogP contribution is -2.35. The monoisotopic (exact) mass is 450 g/mol. The Labute approximate surface area is 184 Å². The highest BCUT2D eigenvalue weighted by molar-refractivity contribution is 7.90. The van der Waals surface area contributed by atoms with Crippen molar-refractivity contribution < 1.29 is 17.6 Å². The van der Waals surface area contributed by atoms with Gasteiger partial charge in [-0.25, -0.2) is 17.5 Å². The molecule has 1 aromatic heterocycles. The highest BCUT2D eigenvalue weighted by atomic mass is 32.2. The van der Waals surface area contributed by atoms with Crippen molar-refractivity contribution in [3.8, 4) is 5.69 Å². The molecule has 1 N–H and O–H groups in total. The van der Waals surface area contributed by atoms with Gasteiger partial charge in [-0.05, 0) is 53.9 Å². The summed E-state index contributed by atoms with van der Waals surface area (Å²) in [4.78, 5) is 14.3. The minimum absolute atomic E-state index is 0.0701. The van der Waals surface area contributed by atoms with E-state index < -0.39 is 27.7 Å². The predicted octanol–water partition coefficient (Wildman–Crippen LogP) is 3.24. The van der Waals surface area contributed by atoms with E-state index in [0.29, 0.717) is 11.3 Å². The number of nitrogens with zero attached hydrogens (tertiary/aromatic N) is 3. The molecule has 7 nitrogen and oxygen atoms in total. The minimum atomic E-state index is -4.12. The van der Waals surface area contributed by atoms with Crippen molar-refractivity contribution in [2.45, 2.75) is 17.2 Å². The number of sulfonamides is 1. The molecule has 0 aliphatic rings. The van der Waals surface area contributed by atoms with Crippen molar-refractivity contribution >= 4 is 15.9 Å². The Bertz CT molecular complexity index is 1290. The van der Waals surface area contributed by atoms with E-state index in [4.69, 9.17) is 0 Å². The summed E-state index contributed by atoms with van der Waals surface area (Å²) < 4.78 is 41.3. The first-order valence-electron chi connectivity index (χ1n) is 9.75. The fourth-order valence-electron chi connectivity index (χ4n) is 3.28. The van der Waals surface area contributed by atoms with Gasteiger partial charge >= 0.3 is 0 Å². The first-order chi connectivity index (χ1) is 15.4. The zero-order chi connectivity index (χ0) is 22.6. The lowest BCUT2D eigenvalue weighted by Gasteiger charge is -2.18. The van der Waals surface area contributed by atoms with Crippen LogP contribution in [0.5, 0.6) is 0 Å². The number of carbonyl (C=O) groups excluding carboxylic acids is 1. The summed E-state index contributed by atoms with van der Waals surface area (Å²) in [5, 5.41) is 7.98. The summed E-state index contributed by atoms with van der Waals surface area (Å²) in [7, 11) is -4.12. The third-order valence-corrected chi connectivity index (χ3v) is 6.27. The first kappa shape index (κ1) is 21.4. The molecule has 1 unspecified atom stereocenters. The van der Waals surface area contributed by atoms with Crippen LogP contribution >= 0.6 is 0 Å². The number of hydrogen-bond acceptors (Lipinski definition) is 5. The van der Waals surface area contributed by atoms with Crippen molar-refractivity contribution in [2.75, 3.05) is 0 Å². The van der Waals surface area contributed by atoms with Crippen LogP contribution in [0.15, 0.2) is 96.2 Å². The molecule has 0 bridgehead atoms. The van der Waals surface area contributed by atoms with Crippen molar-refractivity contribution in [2.24, 2.45) is 0 Å². The second kappa shape index (κ2) is 9.11. The van der Waals surface area contributed by atoms with Crippen molar-refractivity contribution in [3.05, 3.63) is 108 Å². The molecule has 0 radical (unpaired) electrons. The molecule has 1 heterocycles. The molecular formula is C23H19FN4O3S. The minimum Gasteiger partial charge on any atom is -0.273 e. The van der Waals surface area contributed by atoms with E-state index in [2.05, 4.69) is 14.9 Å². The Balaban J connectivity index is 1.58. The van der Waals surface area contributed by atoms with Crippen LogP contribution in [0.3, 0.4) is 0 Å². The number of aromatic nitrogens is 3. The number of rotatable bonds is 7. The third kappa shape index (κ3) is 4.89. The number of nitrogens with one attached hydrogen (secondary N) is 1. The van der Waals surface area contributed by atoms with Crippen LogP contribution in [0.4, 0.5) is 4.39 Å². The lowest BCUT2D eigenvalue weighted by atomic mass is 9.91. The second-order valence-corrected chi connectivity index (χ2v) is 8.76. The zero-order valence-electron chi connectivity index (χ0n) is 16.8. The number of carbonyl (C=O) groups is 1. The molecule has 0 saturated heterocycles. The quantitative estimate of drug-likeness (QED) is 0.467. The Hall–Kier alpha value is -3.85. The summed E-state index contributed by atoms with van der Waals surface area (Å²) >= 11 is 0. The predicted molar refractivity (Wildman–Crippen MR) is 116 cm³/mol. The topological polar surface area (TPSA) is 94.0 Å². The smallest absolute Gasteiger partial charge is 0.264 e. The Kier molecular flexibility index (Phi) is 6.09. The van der Waals surface area contributed by atoms with E-state index in [0.717, 1.165) is 5.56 Å². The van der Waals surface area contributed by atoms with Crippen molar-refractivity contribution in [3.63, 3.8) is 0 Å². The molecule has 0 aliphatic carbocycles. The largest absolute Gasteiger partial charge is 0.273 e. The number of hydrogen-bond donors (Lipinski definition) is 1. The van der Waals surface area contributed by atoms with Gasteiger partial charge in [-0.3, -0.25) is 4.79 Å². The molecule has 32 heavy (non-hydrogen) atoms. The summed E-state index contributed by atoms with van der Waals surface area (Å²) in [5.74, 6) is -1.95. The molecule has 0 aliphatic heterocycles. The molecule has 0 fully saturated rings. The molecule has 162 valence electrons. The molecule has 1 amide bonds. The van der Waals surface area contributed by atoms with Crippen LogP contribution < -0.4 is 4.72 Å². The fraction of sp³-hybridized carbons (Fsp3) is 0.0870. The summed E-state index contributed by atoms with van der Waals surface area (Å²) in [6, 6.07) is 20.5. The SMILES string of the molecule is O=C(NS(=O)(=O)c1ccc(-n2nccn2)cc1)C(Cc1ccccc1)c1ccc(F)cc1. The van der Waals surface area contributed by atoms with Gasteiger partial charge < -0.3 is 0 Å². The maximum Gasteiger partial charge on any atom is 0.264 e. The second-order valence-electron chi connectivity index (χ2n) is 7.08. The Morgan fingerprint density at radius 1 is 0.906 bits per heavy atom. The Morgan fingerprint density at radius 3 is 2.16 bits per heavy atom. The van der Waals surface area contributed by atoms with Gasteiger partial charge in [0.1, 0.15) is 5.82 Å². The van der Waals surface area contributed by atoms with Gasteiger partial charge in [0.25, 0.3) is 10.0 Å². The molecule has 4 rings (SSSR count). The number of halogens is 1. The average Bonchev–Trinajstić information content (AvgIpc) is 3.34. The molecule has 4 aromatic rings. The zero-order valence-corrected chi connectivity index (χ0v) is 17.6. The maximum absolute atomic E-state index is 13.4. The van der Waals surface area contributed by atoms with E-state index in [1.54, 1.807) is 12.1 Å². The van der Waals surface area contributed by atoms with Crippen LogP contribution in [-0.4, -0.2) is 29.3 Å². The molecular weight excluding hydrogens is 431 g/mol. The van der Waals surface area contributed by atoms with Crippen molar-refractivity contribution in [1.29, 1.82) is 0 Å². The lowest BCUT2D eigenvalue weighted by molar-refractivity contribution is -0.120. The molecule has 3 aromatic carbocycles. The van der Waals surface area contributed by atoms with Crippen LogP contribution in [0.1, 0.15) is 17.0 Å². The van der Waals surface area contributed by atoms with Gasteiger partial charge in [-0.1, -0.05) is 42.5 Å². The van der Waals surface area contributed by atoms with Gasteiger partial charge in [-0.2, -0.15) is 15.0 Å². The first-order valence-corrected chi connectivity index (χ1v) is 11.2. The van der Waals surface area contributed by atoms with E-state index in [1.165, 1.54) is 53.6 Å². The van der Waals surface area contributed by atoms with Gasteiger partial charge in [0, 0.05) is 0 Å². The van der Waals surface area contributed by atoms with Gasteiger partial charge in [0.2, 0.25) is 5.91 Å². The highest BCUT2D eigenvalue weighted by Crippen LogP contribution is 2.23. The van der Waals surface area contributed by atoms with E-state index in [-0.39, 0.29) is 11.3 Å². The summed E-state index contributed by atoms with van der Waals surface area (Å²) in [6.45, 7) is 0. The maximum atomic E-state index is 13.4. The molecule has 0 saturated carbocycles. The average molecular weight is 450 g/mol. The normalized spacial score (nSPS) is 12.3. The number of amides is 1. The summed E-state index contributed by atoms with van der Waals surface area (Å²) in [6.07, 6.45) is 3.28. The van der Waals surface area contributed by atoms with E-state index in [9.17, 15) is 17.6 Å². The van der Waals surface area contributed by atoms with Crippen LogP contribution in [0.2, 0.25) is 0 Å². The highest BCUT2D eigenvalue weighted by Gasteiger charge is 2.26. The van der Waals surface area contributed by atoms with Gasteiger partial charge in [0.05, 0.1) is 28.9 Å². The molecule has 9 heteroatoms. The Morgan fingerprint density at radius 2 is 1.53 bits per heavy atom. The third-order valence-electron chi connectivity index (χ3n) is 4.90. The van der Waals surface area contributed by atoms with E-state index >= 15 is 0 Å². The van der Waals surface area contributed by atoms with E-state index in [1.807, 2.05) is 30.3 Å². The van der Waals surface area contributed by atoms with Crippen LogP contribution in [0, 0.1) is 5.82 Å². The van der Waals surface area contributed by atoms with Gasteiger partial charge in [0.15, 0.2) is 0 Å². The van der Waals surface area contributed by atoms with Gasteiger partial charge in [-0.15, -0.1) is 0 Å². The van der Waals surface area contributed by atoms with Crippen LogP contribution in [0.25, 0.3) is 5.69 Å². The molecule has 1 atom stereocenters. The summed E-state index contributed by atoms with van der Waals surface area (Å²) in [5.41, 5.74) is 1.95. The van der Waals surface area contributed by atoms with Crippen molar-refractivity contribution in [1.82, 2.24) is 19.7 Å². The van der Waals surface area contributed by atoms with Crippen LogP contribution in [-0.2, 0) is 21.2 Å². The standard InChI is InChI=1S/C23H19FN4O3S/c24-19-8-6-18(7-9-19)22(16-17-4-2-1-3-5-17)23(29)27-32(30,31)21-12-10-20(11-13-21)28-25-14-15-26-28/h1-15,22H,16H2,(H,27,29). The fourth-order valence-corrected chi connectivity index (χ4v) is 4.30. The molecule has 0 spiro atoms.